The van der Waals surface area contributed by atoms with Gasteiger partial charge in [-0.3, -0.25) is 0 Å². The standard InChI is InChI=1S/C46H28O/c1-2-8-29(9-3-1)33-19-22-41-42-23-20-34(27-46(42)47-45(41)26-33)32-16-14-30-15-17-35(25-36(30)24-32)43-28-44-37-11-5-4-10-31(37)18-21-40(44)38-12-6-7-13-39(38)43/h1-28H. The summed E-state index contributed by atoms with van der Waals surface area (Å²) in [7, 11) is 0. The molecule has 0 aliphatic carbocycles. The lowest BCUT2D eigenvalue weighted by molar-refractivity contribution is 0.669. The molecule has 218 valence electrons. The lowest BCUT2D eigenvalue weighted by atomic mass is 9.90. The molecule has 0 bridgehead atoms. The Kier molecular flexibility index (Phi) is 5.64. The Morgan fingerprint density at radius 2 is 0.787 bits per heavy atom. The minimum atomic E-state index is 0.909. The highest BCUT2D eigenvalue weighted by Gasteiger charge is 2.13. The summed E-state index contributed by atoms with van der Waals surface area (Å²) in [6.45, 7) is 0. The first-order valence-electron chi connectivity index (χ1n) is 16.2. The maximum absolute atomic E-state index is 6.45. The second kappa shape index (κ2) is 10.2. The molecule has 47 heavy (non-hydrogen) atoms. The molecular weight excluding hydrogens is 569 g/mol. The minimum absolute atomic E-state index is 0.909. The molecular formula is C46H28O. The zero-order valence-electron chi connectivity index (χ0n) is 25.6. The van der Waals surface area contributed by atoms with Crippen molar-refractivity contribution in [3.63, 3.8) is 0 Å². The van der Waals surface area contributed by atoms with Gasteiger partial charge in [0.05, 0.1) is 0 Å². The number of furan rings is 1. The summed E-state index contributed by atoms with van der Waals surface area (Å²) in [6.07, 6.45) is 0. The molecule has 1 heteroatoms. The van der Waals surface area contributed by atoms with Crippen molar-refractivity contribution in [2.24, 2.45) is 0 Å². The van der Waals surface area contributed by atoms with Gasteiger partial charge in [-0.1, -0.05) is 127 Å². The monoisotopic (exact) mass is 596 g/mol. The molecule has 10 aromatic rings. The van der Waals surface area contributed by atoms with Gasteiger partial charge in [0.15, 0.2) is 0 Å². The summed E-state index contributed by atoms with van der Waals surface area (Å²) in [4.78, 5) is 0. The van der Waals surface area contributed by atoms with Crippen molar-refractivity contribution < 1.29 is 4.42 Å². The highest BCUT2D eigenvalue weighted by Crippen LogP contribution is 2.40. The largest absolute Gasteiger partial charge is 0.456 e. The number of rotatable bonds is 3. The summed E-state index contributed by atoms with van der Waals surface area (Å²) in [5.41, 5.74) is 8.98. The topological polar surface area (TPSA) is 13.1 Å². The first kappa shape index (κ1) is 26.1. The Balaban J connectivity index is 1.10. The molecule has 0 amide bonds. The SMILES string of the molecule is c1ccc(-c2ccc3c(c2)oc2cc(-c4ccc5ccc(-c6cc7c8ccccc8ccc7c7ccccc67)cc5c4)ccc23)cc1. The van der Waals surface area contributed by atoms with E-state index in [0.717, 1.165) is 33.1 Å². The Morgan fingerprint density at radius 1 is 0.255 bits per heavy atom. The Hall–Kier alpha value is -6.18. The lowest BCUT2D eigenvalue weighted by Gasteiger charge is -2.14. The molecule has 0 radical (unpaired) electrons. The molecule has 0 unspecified atom stereocenters. The normalized spacial score (nSPS) is 11.8. The van der Waals surface area contributed by atoms with E-state index in [-0.39, 0.29) is 0 Å². The van der Waals surface area contributed by atoms with Crippen molar-refractivity contribution in [3.05, 3.63) is 170 Å². The van der Waals surface area contributed by atoms with Crippen molar-refractivity contribution in [1.82, 2.24) is 0 Å². The van der Waals surface area contributed by atoms with Crippen LogP contribution in [0.3, 0.4) is 0 Å². The van der Waals surface area contributed by atoms with Crippen LogP contribution in [0.15, 0.2) is 174 Å². The Bertz CT molecular complexity index is 2840. The summed E-state index contributed by atoms with van der Waals surface area (Å²) in [6, 6.07) is 61.6. The summed E-state index contributed by atoms with van der Waals surface area (Å²) in [5.74, 6) is 0. The third-order valence-corrected chi connectivity index (χ3v) is 9.83. The molecule has 1 aromatic heterocycles. The van der Waals surface area contributed by atoms with E-state index in [1.54, 1.807) is 0 Å². The van der Waals surface area contributed by atoms with Crippen LogP contribution in [0.1, 0.15) is 0 Å². The molecule has 0 N–H and O–H groups in total. The number of hydrogen-bond donors (Lipinski definition) is 0. The Labute approximate surface area is 271 Å². The lowest BCUT2D eigenvalue weighted by Crippen LogP contribution is -1.87. The molecule has 0 atom stereocenters. The summed E-state index contributed by atoms with van der Waals surface area (Å²) >= 11 is 0. The molecule has 9 aromatic carbocycles. The van der Waals surface area contributed by atoms with Crippen molar-refractivity contribution in [3.8, 4) is 33.4 Å². The highest BCUT2D eigenvalue weighted by atomic mass is 16.3. The van der Waals surface area contributed by atoms with Crippen molar-refractivity contribution in [2.45, 2.75) is 0 Å². The average Bonchev–Trinajstić information content (AvgIpc) is 3.51. The van der Waals surface area contributed by atoms with Gasteiger partial charge < -0.3 is 4.42 Å². The van der Waals surface area contributed by atoms with E-state index in [0.29, 0.717) is 0 Å². The quantitative estimate of drug-likeness (QED) is 0.185. The van der Waals surface area contributed by atoms with Gasteiger partial charge in [0, 0.05) is 10.8 Å². The van der Waals surface area contributed by atoms with E-state index in [1.165, 1.54) is 65.3 Å². The first-order chi connectivity index (χ1) is 23.3. The number of hydrogen-bond acceptors (Lipinski definition) is 1. The smallest absolute Gasteiger partial charge is 0.136 e. The molecule has 0 aliphatic heterocycles. The molecule has 1 heterocycles. The fourth-order valence-corrected chi connectivity index (χ4v) is 7.46. The molecule has 0 spiro atoms. The van der Waals surface area contributed by atoms with Gasteiger partial charge in [0.25, 0.3) is 0 Å². The van der Waals surface area contributed by atoms with Crippen LogP contribution in [-0.2, 0) is 0 Å². The maximum Gasteiger partial charge on any atom is 0.136 e. The minimum Gasteiger partial charge on any atom is -0.456 e. The van der Waals surface area contributed by atoms with Gasteiger partial charge in [-0.25, -0.2) is 0 Å². The van der Waals surface area contributed by atoms with Crippen LogP contribution >= 0.6 is 0 Å². The van der Waals surface area contributed by atoms with Crippen molar-refractivity contribution >= 4 is 65.0 Å². The van der Waals surface area contributed by atoms with Gasteiger partial charge in [-0.2, -0.15) is 0 Å². The van der Waals surface area contributed by atoms with E-state index in [1.807, 2.05) is 6.07 Å². The van der Waals surface area contributed by atoms with E-state index in [4.69, 9.17) is 4.42 Å². The van der Waals surface area contributed by atoms with Crippen LogP contribution in [0.25, 0.3) is 98.4 Å². The zero-order chi connectivity index (χ0) is 30.9. The molecule has 0 saturated heterocycles. The fraction of sp³-hybridized carbons (Fsp3) is 0. The van der Waals surface area contributed by atoms with E-state index in [2.05, 4.69) is 164 Å². The molecule has 10 rings (SSSR count). The number of benzene rings is 9. The van der Waals surface area contributed by atoms with Crippen LogP contribution in [0.4, 0.5) is 0 Å². The van der Waals surface area contributed by atoms with Crippen molar-refractivity contribution in [1.29, 1.82) is 0 Å². The maximum atomic E-state index is 6.45. The van der Waals surface area contributed by atoms with Gasteiger partial charge in [0.2, 0.25) is 0 Å². The van der Waals surface area contributed by atoms with E-state index < -0.39 is 0 Å². The van der Waals surface area contributed by atoms with Crippen LogP contribution in [-0.4, -0.2) is 0 Å². The molecule has 0 aliphatic rings. The van der Waals surface area contributed by atoms with Gasteiger partial charge >= 0.3 is 0 Å². The van der Waals surface area contributed by atoms with Crippen LogP contribution in [0, 0.1) is 0 Å². The molecule has 0 fully saturated rings. The third-order valence-electron chi connectivity index (χ3n) is 9.83. The van der Waals surface area contributed by atoms with Crippen molar-refractivity contribution in [2.75, 3.05) is 0 Å². The van der Waals surface area contributed by atoms with Gasteiger partial charge in [-0.05, 0) is 119 Å². The molecule has 0 saturated carbocycles. The van der Waals surface area contributed by atoms with Crippen LogP contribution in [0.5, 0.6) is 0 Å². The molecule has 1 nitrogen and oxygen atoms in total. The Morgan fingerprint density at radius 3 is 1.57 bits per heavy atom. The average molecular weight is 597 g/mol. The van der Waals surface area contributed by atoms with Gasteiger partial charge in [0.1, 0.15) is 11.2 Å². The van der Waals surface area contributed by atoms with E-state index in [9.17, 15) is 0 Å². The summed E-state index contributed by atoms with van der Waals surface area (Å²) < 4.78 is 6.45. The van der Waals surface area contributed by atoms with Crippen LogP contribution < -0.4 is 0 Å². The fourth-order valence-electron chi connectivity index (χ4n) is 7.46. The number of fused-ring (bicyclic) bond motifs is 9. The predicted molar refractivity (Wildman–Crippen MR) is 200 cm³/mol. The van der Waals surface area contributed by atoms with Crippen LogP contribution in [0.2, 0.25) is 0 Å². The van der Waals surface area contributed by atoms with Gasteiger partial charge in [-0.15, -0.1) is 0 Å². The third kappa shape index (κ3) is 4.17. The predicted octanol–water partition coefficient (Wildman–Crippen LogP) is 13.2. The summed E-state index contributed by atoms with van der Waals surface area (Å²) in [5, 5.41) is 12.4. The highest BCUT2D eigenvalue weighted by molar-refractivity contribution is 6.21. The zero-order valence-corrected chi connectivity index (χ0v) is 25.6. The van der Waals surface area contributed by atoms with E-state index >= 15 is 0 Å². The second-order valence-corrected chi connectivity index (χ2v) is 12.5. The first-order valence-corrected chi connectivity index (χ1v) is 16.2. The second-order valence-electron chi connectivity index (χ2n) is 12.5.